The van der Waals surface area contributed by atoms with Crippen molar-refractivity contribution in [3.8, 4) is 0 Å². The Morgan fingerprint density at radius 2 is 1.86 bits per heavy atom. The summed E-state index contributed by atoms with van der Waals surface area (Å²) in [5.74, 6) is -2.17. The van der Waals surface area contributed by atoms with Crippen LogP contribution in [0.1, 0.15) is 59.3 Å². The van der Waals surface area contributed by atoms with Gasteiger partial charge in [0.05, 0.1) is 6.42 Å². The summed E-state index contributed by atoms with van der Waals surface area (Å²) in [4.78, 5) is 34.4. The Morgan fingerprint density at radius 1 is 1.11 bits per heavy atom. The van der Waals surface area contributed by atoms with Crippen LogP contribution in [-0.2, 0) is 33.6 Å². The largest absolute Gasteiger partial charge is 1.00 e. The Balaban J connectivity index is 0.00000225. The second kappa shape index (κ2) is 8.13. The van der Waals surface area contributed by atoms with Crippen molar-refractivity contribution in [3.05, 3.63) is 0 Å². The Morgan fingerprint density at radius 3 is 2.57 bits per heavy atom. The van der Waals surface area contributed by atoms with Gasteiger partial charge < -0.3 is 24.1 Å². The summed E-state index contributed by atoms with van der Waals surface area (Å²) in [6.07, 6.45) is 1.48. The van der Waals surface area contributed by atoms with Crippen LogP contribution in [0.5, 0.6) is 0 Å². The number of rotatable bonds is 4. The molecular weight excluding hydrogens is 379 g/mol. The summed E-state index contributed by atoms with van der Waals surface area (Å²) in [5.41, 5.74) is -0.707. The zero-order valence-electron chi connectivity index (χ0n) is 17.0. The average Bonchev–Trinajstić information content (AvgIpc) is 2.84. The first kappa shape index (κ1) is 22.5. The predicted molar refractivity (Wildman–Crippen MR) is 87.2 cm³/mol. The first-order valence-electron chi connectivity index (χ1n) is 9.84. The summed E-state index contributed by atoms with van der Waals surface area (Å²) in [5, 5.41) is 10.6. The van der Waals surface area contributed by atoms with E-state index in [2.05, 4.69) is 6.92 Å². The molecule has 1 saturated carbocycles. The summed E-state index contributed by atoms with van der Waals surface area (Å²) < 4.78 is 17.7. The number of fused-ring (bicyclic) bond motifs is 2. The fraction of sp³-hybridized carbons (Fsp3) is 0.895. The van der Waals surface area contributed by atoms with Gasteiger partial charge in [0.1, 0.15) is 0 Å². The smallest absolute Gasteiger partial charge is 0.550 e. The number of carboxylic acid groups (broad SMARTS) is 1. The van der Waals surface area contributed by atoms with Crippen molar-refractivity contribution in [2.75, 3.05) is 0 Å². The molecule has 4 heterocycles. The number of hydrogen-bond donors (Lipinski definition) is 0. The molecule has 5 aliphatic rings. The van der Waals surface area contributed by atoms with Gasteiger partial charge in [-0.25, -0.2) is 9.78 Å². The molecule has 6 unspecified atom stereocenters. The molecule has 8 atom stereocenters. The second-order valence-corrected chi connectivity index (χ2v) is 8.64. The molecule has 4 aliphatic heterocycles. The normalized spacial score (nSPS) is 46.7. The molecule has 1 spiro atoms. The molecule has 0 amide bonds. The molecule has 152 valence electrons. The summed E-state index contributed by atoms with van der Waals surface area (Å²) >= 11 is 0. The van der Waals surface area contributed by atoms with Crippen LogP contribution in [-0.4, -0.2) is 35.9 Å². The van der Waals surface area contributed by atoms with Crippen LogP contribution in [0, 0.1) is 23.7 Å². The van der Waals surface area contributed by atoms with E-state index < -0.39 is 35.9 Å². The minimum absolute atomic E-state index is 0. The predicted octanol–water partition coefficient (Wildman–Crippen LogP) is -1.73. The molecule has 4 saturated heterocycles. The maximum Gasteiger partial charge on any atom is 1.00 e. The number of esters is 1. The number of carbonyl (C=O) groups excluding carboxylic acids is 2. The molecule has 5 fully saturated rings. The van der Waals surface area contributed by atoms with Gasteiger partial charge in [-0.15, -0.1) is 0 Å². The second-order valence-electron chi connectivity index (χ2n) is 8.64. The Kier molecular flexibility index (Phi) is 6.53. The van der Waals surface area contributed by atoms with E-state index in [4.69, 9.17) is 24.0 Å². The maximum absolute atomic E-state index is 12.0. The van der Waals surface area contributed by atoms with Crippen molar-refractivity contribution in [3.63, 3.8) is 0 Å². The van der Waals surface area contributed by atoms with Crippen LogP contribution in [0.2, 0.25) is 0 Å². The van der Waals surface area contributed by atoms with Gasteiger partial charge in [-0.05, 0) is 44.4 Å². The topological polar surface area (TPSA) is 103 Å². The minimum atomic E-state index is -1.28. The van der Waals surface area contributed by atoms with E-state index in [1.807, 2.05) is 13.8 Å². The minimum Gasteiger partial charge on any atom is -0.550 e. The van der Waals surface area contributed by atoms with Crippen LogP contribution in [0.3, 0.4) is 0 Å². The van der Waals surface area contributed by atoms with Crippen LogP contribution in [0.4, 0.5) is 0 Å². The third kappa shape index (κ3) is 3.66. The van der Waals surface area contributed by atoms with Crippen LogP contribution >= 0.6 is 0 Å². The molecule has 2 bridgehead atoms. The van der Waals surface area contributed by atoms with Gasteiger partial charge in [-0.3, -0.25) is 4.79 Å². The van der Waals surface area contributed by atoms with E-state index in [-0.39, 0.29) is 60.2 Å². The first-order valence-corrected chi connectivity index (χ1v) is 9.84. The Hall–Kier alpha value is -0.220. The fourth-order valence-electron chi connectivity index (χ4n) is 5.40. The van der Waals surface area contributed by atoms with Crippen molar-refractivity contribution in [2.24, 2.45) is 23.7 Å². The van der Waals surface area contributed by atoms with Crippen LogP contribution in [0.15, 0.2) is 0 Å². The Bertz CT molecular complexity index is 629. The third-order valence-electron chi connectivity index (χ3n) is 6.88. The van der Waals surface area contributed by atoms with Crippen LogP contribution in [0.25, 0.3) is 0 Å². The standard InChI is InChI=1S/C19H28O8.Na/c1-10-4-5-13-11(2)16(23-15(22)7-6-14(20)21)24-17-19(13)12(10)8-9-18(3,25-17)26-27-19;/h10-13,16-17H,4-9H2,1-3H3,(H,20,21);/q;+1/p-1/t10?,11-,12?,13?,16?,17?,18+,19?;/m1./s1. The number of ether oxygens (including phenoxy) is 3. The van der Waals surface area contributed by atoms with E-state index >= 15 is 0 Å². The zero-order chi connectivity index (χ0) is 19.4. The van der Waals surface area contributed by atoms with Crippen LogP contribution < -0.4 is 34.7 Å². The third-order valence-corrected chi connectivity index (χ3v) is 6.88. The first-order chi connectivity index (χ1) is 12.7. The molecule has 28 heavy (non-hydrogen) atoms. The van der Waals surface area contributed by atoms with Gasteiger partial charge >= 0.3 is 35.5 Å². The van der Waals surface area contributed by atoms with E-state index in [0.717, 1.165) is 19.3 Å². The van der Waals surface area contributed by atoms with E-state index in [9.17, 15) is 14.7 Å². The molecule has 0 radical (unpaired) electrons. The average molecular weight is 406 g/mol. The number of hydrogen-bond acceptors (Lipinski definition) is 8. The fourth-order valence-corrected chi connectivity index (χ4v) is 5.40. The molecule has 0 N–H and O–H groups in total. The molecular formula is C19H27NaO8. The summed E-state index contributed by atoms with van der Waals surface area (Å²) in [6, 6.07) is 0. The number of carboxylic acids is 1. The van der Waals surface area contributed by atoms with Crippen molar-refractivity contribution >= 4 is 11.9 Å². The van der Waals surface area contributed by atoms with E-state index in [1.54, 1.807) is 0 Å². The monoisotopic (exact) mass is 406 g/mol. The SMILES string of the molecule is CC1CCC2[C@@H](C)C(OC(=O)CCC(=O)[O-])OC3O[C@]4(C)CCC1C32OO4.[Na+]. The van der Waals surface area contributed by atoms with Crippen molar-refractivity contribution < 1.29 is 68.2 Å². The van der Waals surface area contributed by atoms with Gasteiger partial charge in [0, 0.05) is 24.2 Å². The molecule has 5 rings (SSSR count). The quantitative estimate of drug-likeness (QED) is 0.308. The molecule has 0 aromatic rings. The number of carbonyl (C=O) groups is 2. The molecule has 9 heteroatoms. The zero-order valence-corrected chi connectivity index (χ0v) is 19.0. The molecule has 0 aromatic heterocycles. The van der Waals surface area contributed by atoms with E-state index in [0.29, 0.717) is 12.3 Å². The van der Waals surface area contributed by atoms with Crippen molar-refractivity contribution in [2.45, 2.75) is 83.3 Å². The van der Waals surface area contributed by atoms with Crippen molar-refractivity contribution in [1.29, 1.82) is 0 Å². The van der Waals surface area contributed by atoms with Gasteiger partial charge in [0.25, 0.3) is 0 Å². The van der Waals surface area contributed by atoms with Gasteiger partial charge in [0.15, 0.2) is 11.9 Å². The van der Waals surface area contributed by atoms with Gasteiger partial charge in [0.2, 0.25) is 12.1 Å². The van der Waals surface area contributed by atoms with Crippen molar-refractivity contribution in [1.82, 2.24) is 0 Å². The molecule has 0 aromatic carbocycles. The molecule has 8 nitrogen and oxygen atoms in total. The van der Waals surface area contributed by atoms with E-state index in [1.165, 1.54) is 0 Å². The van der Waals surface area contributed by atoms with Gasteiger partial charge in [-0.1, -0.05) is 13.8 Å². The molecule has 1 aliphatic carbocycles. The van der Waals surface area contributed by atoms with Gasteiger partial charge in [-0.2, -0.15) is 0 Å². The maximum atomic E-state index is 12.0. The number of aliphatic carboxylic acids is 1. The summed E-state index contributed by atoms with van der Waals surface area (Å²) in [7, 11) is 0. The summed E-state index contributed by atoms with van der Waals surface area (Å²) in [6.45, 7) is 6.04. The Labute approximate surface area is 186 Å².